The van der Waals surface area contributed by atoms with Gasteiger partial charge in [0.1, 0.15) is 0 Å². The number of hydrogen-bond donors (Lipinski definition) is 4. The third-order valence-corrected chi connectivity index (χ3v) is 5.93. The van der Waals surface area contributed by atoms with Crippen LogP contribution < -0.4 is 21.1 Å². The topological polar surface area (TPSA) is 134 Å². The van der Waals surface area contributed by atoms with Gasteiger partial charge in [-0.3, -0.25) is 4.79 Å². The van der Waals surface area contributed by atoms with Crippen LogP contribution in [0.25, 0.3) is 10.9 Å². The van der Waals surface area contributed by atoms with Crippen molar-refractivity contribution in [1.29, 1.82) is 5.41 Å². The number of methoxy groups -OCH3 is 1. The number of H-pyrrole nitrogens is 1. The zero-order valence-corrected chi connectivity index (χ0v) is 20.4. The molecule has 1 aromatic carbocycles. The lowest BCUT2D eigenvalue weighted by Crippen LogP contribution is -2.26. The summed E-state index contributed by atoms with van der Waals surface area (Å²) < 4.78 is 5.25. The summed E-state index contributed by atoms with van der Waals surface area (Å²) in [6.07, 6.45) is 5.57. The van der Waals surface area contributed by atoms with Crippen molar-refractivity contribution >= 4 is 34.4 Å². The van der Waals surface area contributed by atoms with Crippen molar-refractivity contribution in [2.45, 2.75) is 52.5 Å². The number of aromatic amines is 1. The molecule has 1 amide bonds. The molecular weight excluding hydrogens is 416 g/mol. The van der Waals surface area contributed by atoms with Gasteiger partial charge in [0, 0.05) is 47.7 Å². The maximum absolute atomic E-state index is 12.0. The molecule has 2 atom stereocenters. The molecule has 0 saturated heterocycles. The Morgan fingerprint density at radius 1 is 1.27 bits per heavy atom. The van der Waals surface area contributed by atoms with Crippen LogP contribution in [0.2, 0.25) is 0 Å². The SMILES string of the molecule is CCCC.COc1cc(C(C)N(C)c2c(C(C)C(N)=O)[nH]c3ccc(N)c(C=N)c23)ccn1. The highest BCUT2D eigenvalue weighted by Crippen LogP contribution is 2.41. The number of carbonyl (C=O) groups is 1. The molecule has 3 rings (SSSR count). The van der Waals surface area contributed by atoms with Crippen LogP contribution in [0.1, 0.15) is 69.3 Å². The summed E-state index contributed by atoms with van der Waals surface area (Å²) >= 11 is 0. The minimum absolute atomic E-state index is 0.0789. The van der Waals surface area contributed by atoms with Gasteiger partial charge in [-0.1, -0.05) is 26.7 Å². The molecule has 3 aromatic rings. The lowest BCUT2D eigenvalue weighted by atomic mass is 10.00. The first-order valence-corrected chi connectivity index (χ1v) is 11.2. The zero-order valence-electron chi connectivity index (χ0n) is 20.4. The average molecular weight is 453 g/mol. The fourth-order valence-electron chi connectivity index (χ4n) is 3.52. The Labute approximate surface area is 195 Å². The lowest BCUT2D eigenvalue weighted by molar-refractivity contribution is -0.119. The number of rotatable bonds is 8. The van der Waals surface area contributed by atoms with Gasteiger partial charge in [-0.2, -0.15) is 0 Å². The van der Waals surface area contributed by atoms with E-state index < -0.39 is 11.8 Å². The molecule has 8 nitrogen and oxygen atoms in total. The molecule has 6 N–H and O–H groups in total. The summed E-state index contributed by atoms with van der Waals surface area (Å²) in [6.45, 7) is 8.17. The van der Waals surface area contributed by atoms with Crippen LogP contribution >= 0.6 is 0 Å². The number of hydrogen-bond acceptors (Lipinski definition) is 6. The number of amides is 1. The first kappa shape index (κ1) is 25.7. The van der Waals surface area contributed by atoms with E-state index in [-0.39, 0.29) is 6.04 Å². The van der Waals surface area contributed by atoms with Gasteiger partial charge in [-0.15, -0.1) is 0 Å². The molecule has 0 radical (unpaired) electrons. The summed E-state index contributed by atoms with van der Waals surface area (Å²) in [6, 6.07) is 7.32. The van der Waals surface area contributed by atoms with Gasteiger partial charge in [0.25, 0.3) is 0 Å². The number of nitrogens with one attached hydrogen (secondary N) is 2. The van der Waals surface area contributed by atoms with Gasteiger partial charge in [-0.05, 0) is 37.6 Å². The number of primary amides is 1. The minimum Gasteiger partial charge on any atom is -0.481 e. The number of pyridine rings is 1. The van der Waals surface area contributed by atoms with Crippen LogP contribution in [0, 0.1) is 5.41 Å². The average Bonchev–Trinajstić information content (AvgIpc) is 3.22. The lowest BCUT2D eigenvalue weighted by Gasteiger charge is -2.29. The van der Waals surface area contributed by atoms with Crippen molar-refractivity contribution in [3.05, 3.63) is 47.3 Å². The van der Waals surface area contributed by atoms with Crippen LogP contribution in [0.3, 0.4) is 0 Å². The van der Waals surface area contributed by atoms with Crippen molar-refractivity contribution < 1.29 is 9.53 Å². The van der Waals surface area contributed by atoms with E-state index in [1.807, 2.05) is 32.2 Å². The van der Waals surface area contributed by atoms with Crippen LogP contribution in [0.15, 0.2) is 30.5 Å². The van der Waals surface area contributed by atoms with Crippen molar-refractivity contribution in [3.8, 4) is 5.88 Å². The van der Waals surface area contributed by atoms with Gasteiger partial charge in [0.15, 0.2) is 0 Å². The Morgan fingerprint density at radius 2 is 1.94 bits per heavy atom. The summed E-state index contributed by atoms with van der Waals surface area (Å²) in [5, 5.41) is 8.67. The predicted molar refractivity (Wildman–Crippen MR) is 136 cm³/mol. The summed E-state index contributed by atoms with van der Waals surface area (Å²) in [5.41, 5.74) is 16.1. The summed E-state index contributed by atoms with van der Waals surface area (Å²) in [5.74, 6) is -0.454. The van der Waals surface area contributed by atoms with Gasteiger partial charge in [0.05, 0.1) is 30.5 Å². The summed E-state index contributed by atoms with van der Waals surface area (Å²) in [7, 11) is 3.51. The second-order valence-corrected chi connectivity index (χ2v) is 8.07. The van der Waals surface area contributed by atoms with Crippen LogP contribution in [0.5, 0.6) is 5.88 Å². The Balaban J connectivity index is 0.000000890. The monoisotopic (exact) mass is 452 g/mol. The molecule has 0 aliphatic rings. The van der Waals surface area contributed by atoms with Crippen molar-refractivity contribution in [2.75, 3.05) is 24.8 Å². The van der Waals surface area contributed by atoms with Crippen molar-refractivity contribution in [3.63, 3.8) is 0 Å². The number of benzene rings is 1. The Kier molecular flexibility index (Phi) is 8.85. The number of nitrogen functional groups attached to an aromatic ring is 1. The predicted octanol–water partition coefficient (Wildman–Crippen LogP) is 4.74. The molecule has 178 valence electrons. The standard InChI is InChI=1S/C21H26N6O2.C4H10/c1-11(21(24)28)19-20(18-14(10-22)15(23)5-6-16(18)26-19)27(3)12(2)13-7-8-25-17(9-13)29-4;1-3-4-2/h5-12,22,26H,23H2,1-4H3,(H2,24,28);3-4H2,1-2H3. The molecule has 8 heteroatoms. The normalized spacial score (nSPS) is 12.4. The Bertz CT molecular complexity index is 1110. The first-order valence-electron chi connectivity index (χ1n) is 11.2. The fourth-order valence-corrected chi connectivity index (χ4v) is 3.52. The number of fused-ring (bicyclic) bond motifs is 1. The molecular formula is C25H36N6O2. The van der Waals surface area contributed by atoms with E-state index in [0.717, 1.165) is 22.2 Å². The number of unbranched alkanes of at least 4 members (excludes halogenated alkanes) is 1. The Hall–Kier alpha value is -3.55. The smallest absolute Gasteiger partial charge is 0.226 e. The second-order valence-electron chi connectivity index (χ2n) is 8.07. The molecule has 2 aromatic heterocycles. The van der Waals surface area contributed by atoms with Crippen LogP contribution in [-0.4, -0.2) is 36.2 Å². The van der Waals surface area contributed by atoms with E-state index in [1.54, 1.807) is 26.3 Å². The fraction of sp³-hybridized carbons (Fsp3) is 0.400. The second kappa shape index (κ2) is 11.4. The van der Waals surface area contributed by atoms with Crippen molar-refractivity contribution in [1.82, 2.24) is 9.97 Å². The maximum Gasteiger partial charge on any atom is 0.226 e. The van der Waals surface area contributed by atoms with Gasteiger partial charge in [-0.25, -0.2) is 4.98 Å². The molecule has 0 saturated carbocycles. The van der Waals surface area contributed by atoms with Gasteiger partial charge in [0.2, 0.25) is 11.8 Å². The molecule has 2 heterocycles. The number of anilines is 2. The highest BCUT2D eigenvalue weighted by Gasteiger charge is 2.27. The van der Waals surface area contributed by atoms with E-state index in [2.05, 4.69) is 28.7 Å². The van der Waals surface area contributed by atoms with E-state index in [9.17, 15) is 4.79 Å². The maximum atomic E-state index is 12.0. The highest BCUT2D eigenvalue weighted by molar-refractivity contribution is 6.10. The molecule has 0 aliphatic heterocycles. The number of carbonyl (C=O) groups excluding carboxylic acids is 1. The largest absolute Gasteiger partial charge is 0.481 e. The molecule has 0 bridgehead atoms. The zero-order chi connectivity index (χ0) is 24.7. The van der Waals surface area contributed by atoms with E-state index in [0.29, 0.717) is 22.8 Å². The van der Waals surface area contributed by atoms with Gasteiger partial charge < -0.3 is 31.5 Å². The van der Waals surface area contributed by atoms with Crippen LogP contribution in [-0.2, 0) is 4.79 Å². The molecule has 0 spiro atoms. The molecule has 0 fully saturated rings. The van der Waals surface area contributed by atoms with E-state index in [1.165, 1.54) is 19.1 Å². The quantitative estimate of drug-likeness (QED) is 0.289. The third kappa shape index (κ3) is 5.45. The molecule has 33 heavy (non-hydrogen) atoms. The Morgan fingerprint density at radius 3 is 2.48 bits per heavy atom. The van der Waals surface area contributed by atoms with E-state index >= 15 is 0 Å². The number of nitrogens with zero attached hydrogens (tertiary/aromatic N) is 2. The number of aromatic nitrogens is 2. The third-order valence-electron chi connectivity index (χ3n) is 5.93. The van der Waals surface area contributed by atoms with Crippen molar-refractivity contribution in [2.24, 2.45) is 5.73 Å². The number of nitrogens with two attached hydrogens (primary N) is 2. The highest BCUT2D eigenvalue weighted by atomic mass is 16.5. The minimum atomic E-state index is -0.543. The first-order chi connectivity index (χ1) is 15.7. The molecule has 0 aliphatic carbocycles. The molecule has 2 unspecified atom stereocenters. The summed E-state index contributed by atoms with van der Waals surface area (Å²) in [4.78, 5) is 21.5. The number of ether oxygens (including phenoxy) is 1. The van der Waals surface area contributed by atoms with Crippen LogP contribution in [0.4, 0.5) is 11.4 Å². The van der Waals surface area contributed by atoms with Gasteiger partial charge >= 0.3 is 0 Å². The van der Waals surface area contributed by atoms with E-state index in [4.69, 9.17) is 21.6 Å².